The number of rotatable bonds is 28. The van der Waals surface area contributed by atoms with Crippen molar-refractivity contribution >= 4 is 11.8 Å². The molecule has 0 aliphatic carbocycles. The Morgan fingerprint density at radius 3 is 0.904 bits per heavy atom. The number of aliphatic hydroxyl groups excluding tert-OH is 8. The summed E-state index contributed by atoms with van der Waals surface area (Å²) in [7, 11) is 0. The van der Waals surface area contributed by atoms with Crippen molar-refractivity contribution in [3.05, 3.63) is 0 Å². The fraction of sp³-hybridized carbons (Fsp3) is 0.947. The van der Waals surface area contributed by atoms with Crippen molar-refractivity contribution in [1.29, 1.82) is 0 Å². The molecule has 2 heterocycles. The van der Waals surface area contributed by atoms with E-state index in [9.17, 15) is 50.4 Å². The number of carbonyl (C=O) groups is 2. The van der Waals surface area contributed by atoms with Crippen LogP contribution in [0.2, 0.25) is 0 Å². The van der Waals surface area contributed by atoms with Crippen LogP contribution in [0.3, 0.4) is 0 Å². The lowest BCUT2D eigenvalue weighted by atomic mass is 9.92. The highest BCUT2D eigenvalue weighted by molar-refractivity contribution is 6.35. The first-order valence-electron chi connectivity index (χ1n) is 20.3. The van der Waals surface area contributed by atoms with E-state index in [0.29, 0.717) is 25.9 Å². The minimum Gasteiger partial charge on any atom is -0.394 e. The molecule has 52 heavy (non-hydrogen) atoms. The standard InChI is InChI=1S/C38H72N2O12/c41-25-29-33(45)35(47)31(43)27(51-29)21-17-13-9-5-1-3-7-11-15-19-23-39-37(49)38(50)40-24-20-16-12-8-4-2-6-10-14-18-22-28-32(44)36(48)34(46)30(26-42)52-28/h27-36,41-48H,1-26H2,(H,39,49)(H,40,50)/t27?,28?,29-,30-,31+,32+,33-,34-,35-,36-/m1/s1. The summed E-state index contributed by atoms with van der Waals surface area (Å²) in [5.74, 6) is -1.14. The highest BCUT2D eigenvalue weighted by Crippen LogP contribution is 2.26. The lowest BCUT2D eigenvalue weighted by Gasteiger charge is -2.40. The van der Waals surface area contributed by atoms with Gasteiger partial charge in [0.15, 0.2) is 0 Å². The Labute approximate surface area is 310 Å². The molecule has 2 fully saturated rings. The summed E-state index contributed by atoms with van der Waals surface area (Å²) < 4.78 is 11.1. The summed E-state index contributed by atoms with van der Waals surface area (Å²) in [6.07, 6.45) is 11.7. The van der Waals surface area contributed by atoms with Crippen LogP contribution in [0.1, 0.15) is 141 Å². The number of amides is 2. The second kappa shape index (κ2) is 28.0. The van der Waals surface area contributed by atoms with Gasteiger partial charge in [-0.05, 0) is 25.7 Å². The van der Waals surface area contributed by atoms with Crippen molar-refractivity contribution in [3.8, 4) is 0 Å². The van der Waals surface area contributed by atoms with Crippen molar-refractivity contribution in [1.82, 2.24) is 10.6 Å². The molecule has 0 aromatic rings. The van der Waals surface area contributed by atoms with Gasteiger partial charge in [0.05, 0.1) is 25.4 Å². The van der Waals surface area contributed by atoms with Crippen LogP contribution in [0.15, 0.2) is 0 Å². The first-order valence-corrected chi connectivity index (χ1v) is 20.3. The monoisotopic (exact) mass is 749 g/mol. The Hall–Kier alpha value is -1.46. The van der Waals surface area contributed by atoms with Crippen molar-refractivity contribution in [3.63, 3.8) is 0 Å². The van der Waals surface area contributed by atoms with Gasteiger partial charge in [0.2, 0.25) is 0 Å². The smallest absolute Gasteiger partial charge is 0.309 e. The molecule has 0 bridgehead atoms. The summed E-state index contributed by atoms with van der Waals surface area (Å²) in [5, 5.41) is 83.7. The maximum absolute atomic E-state index is 12.0. The lowest BCUT2D eigenvalue weighted by molar-refractivity contribution is -0.230. The molecule has 2 saturated heterocycles. The Morgan fingerprint density at radius 1 is 0.365 bits per heavy atom. The molecule has 2 rings (SSSR count). The summed E-state index contributed by atoms with van der Waals surface area (Å²) in [5.41, 5.74) is 0. The highest BCUT2D eigenvalue weighted by Gasteiger charge is 2.43. The molecular formula is C38H72N2O12. The largest absolute Gasteiger partial charge is 0.394 e. The lowest BCUT2D eigenvalue weighted by Crippen LogP contribution is -2.58. The van der Waals surface area contributed by atoms with Gasteiger partial charge in [-0.15, -0.1) is 0 Å². The molecule has 2 amide bonds. The average Bonchev–Trinajstić information content (AvgIpc) is 3.14. The normalized spacial score (nSPS) is 29.2. The molecule has 10 atom stereocenters. The first-order chi connectivity index (χ1) is 25.1. The summed E-state index contributed by atoms with van der Waals surface area (Å²) in [6, 6.07) is 0. The number of hydrogen-bond acceptors (Lipinski definition) is 12. The Morgan fingerprint density at radius 2 is 0.615 bits per heavy atom. The van der Waals surface area contributed by atoms with E-state index in [4.69, 9.17) is 9.47 Å². The fourth-order valence-electron chi connectivity index (χ4n) is 7.17. The second-order valence-electron chi connectivity index (χ2n) is 14.9. The number of carbonyl (C=O) groups excluding carboxylic acids is 2. The molecule has 14 nitrogen and oxygen atoms in total. The van der Waals surface area contributed by atoms with E-state index >= 15 is 0 Å². The van der Waals surface area contributed by atoms with Crippen LogP contribution in [-0.4, -0.2) is 140 Å². The van der Waals surface area contributed by atoms with Gasteiger partial charge in [0.25, 0.3) is 0 Å². The van der Waals surface area contributed by atoms with Gasteiger partial charge in [-0.1, -0.05) is 116 Å². The Bertz CT molecular complexity index is 856. The molecule has 14 heteroatoms. The molecule has 306 valence electrons. The topological polar surface area (TPSA) is 238 Å². The van der Waals surface area contributed by atoms with Crippen LogP contribution in [-0.2, 0) is 19.1 Å². The van der Waals surface area contributed by atoms with Gasteiger partial charge >= 0.3 is 11.8 Å². The zero-order chi connectivity index (χ0) is 38.1. The summed E-state index contributed by atoms with van der Waals surface area (Å²) in [6.45, 7) is 0.205. The number of ether oxygens (including phenoxy) is 2. The third-order valence-electron chi connectivity index (χ3n) is 10.6. The highest BCUT2D eigenvalue weighted by atomic mass is 16.6. The van der Waals surface area contributed by atoms with Crippen LogP contribution < -0.4 is 10.6 Å². The maximum Gasteiger partial charge on any atom is 0.309 e. The molecule has 0 aromatic heterocycles. The van der Waals surface area contributed by atoms with Crippen LogP contribution in [0.25, 0.3) is 0 Å². The van der Waals surface area contributed by atoms with Crippen molar-refractivity contribution in [2.45, 2.75) is 202 Å². The van der Waals surface area contributed by atoms with Gasteiger partial charge < -0.3 is 61.0 Å². The van der Waals surface area contributed by atoms with E-state index in [1.165, 1.54) is 0 Å². The molecule has 0 radical (unpaired) electrons. The van der Waals surface area contributed by atoms with Crippen molar-refractivity contribution < 1.29 is 59.9 Å². The minimum atomic E-state index is -1.30. The van der Waals surface area contributed by atoms with E-state index in [-0.39, 0.29) is 0 Å². The molecule has 10 N–H and O–H groups in total. The predicted octanol–water partition coefficient (Wildman–Crippen LogP) is 1.49. The van der Waals surface area contributed by atoms with Crippen molar-refractivity contribution in [2.75, 3.05) is 26.3 Å². The molecule has 2 aliphatic rings. The zero-order valence-electron chi connectivity index (χ0n) is 31.4. The third kappa shape index (κ3) is 17.8. The van der Waals surface area contributed by atoms with E-state index < -0.39 is 86.1 Å². The fourth-order valence-corrected chi connectivity index (χ4v) is 7.17. The van der Waals surface area contributed by atoms with E-state index in [1.807, 2.05) is 0 Å². The number of hydrogen-bond donors (Lipinski definition) is 10. The van der Waals surface area contributed by atoms with E-state index in [0.717, 1.165) is 128 Å². The molecule has 0 saturated carbocycles. The summed E-state index contributed by atoms with van der Waals surface area (Å²) in [4.78, 5) is 24.1. The predicted molar refractivity (Wildman–Crippen MR) is 195 cm³/mol. The molecule has 2 aliphatic heterocycles. The first kappa shape index (κ1) is 46.7. The SMILES string of the molecule is O=C(NCCCCCCCCCCCCC1O[C@H](CO)[C@@H](O)[C@H](O)[C@H]1O)C(=O)NCCCCCCCCCCCCC1O[C@H](CO)[C@@H](O)[C@H](O)[C@H]1O. The van der Waals surface area contributed by atoms with Crippen LogP contribution in [0, 0.1) is 0 Å². The van der Waals surface area contributed by atoms with Crippen LogP contribution in [0.4, 0.5) is 0 Å². The minimum absolute atomic E-state index is 0.396. The van der Waals surface area contributed by atoms with Gasteiger partial charge in [0, 0.05) is 13.1 Å². The quantitative estimate of drug-likeness (QED) is 0.0405. The molecule has 0 spiro atoms. The van der Waals surface area contributed by atoms with Crippen LogP contribution >= 0.6 is 0 Å². The maximum atomic E-state index is 12.0. The molecule has 2 unspecified atom stereocenters. The zero-order valence-corrected chi connectivity index (χ0v) is 31.4. The summed E-state index contributed by atoms with van der Waals surface area (Å²) >= 11 is 0. The van der Waals surface area contributed by atoms with E-state index in [1.54, 1.807) is 0 Å². The van der Waals surface area contributed by atoms with Gasteiger partial charge in [-0.25, -0.2) is 0 Å². The van der Waals surface area contributed by atoms with E-state index in [2.05, 4.69) is 10.6 Å². The molecule has 0 aromatic carbocycles. The van der Waals surface area contributed by atoms with Gasteiger partial charge in [0.1, 0.15) is 48.8 Å². The third-order valence-corrected chi connectivity index (χ3v) is 10.6. The van der Waals surface area contributed by atoms with Crippen LogP contribution in [0.5, 0.6) is 0 Å². The van der Waals surface area contributed by atoms with Gasteiger partial charge in [-0.3, -0.25) is 9.59 Å². The van der Waals surface area contributed by atoms with Gasteiger partial charge in [-0.2, -0.15) is 0 Å². The Kier molecular flexibility index (Phi) is 25.2. The number of nitrogens with one attached hydrogen (secondary N) is 2. The molecular weight excluding hydrogens is 676 g/mol. The average molecular weight is 749 g/mol. The number of unbranched alkanes of at least 4 members (excludes halogenated alkanes) is 18. The Balaban J connectivity index is 1.30. The van der Waals surface area contributed by atoms with Crippen molar-refractivity contribution in [2.24, 2.45) is 0 Å². The number of aliphatic hydroxyl groups is 8. The second-order valence-corrected chi connectivity index (χ2v) is 14.9.